The Balaban J connectivity index is 2.32. The number of hydrogen-bond donors (Lipinski definition) is 2. The van der Waals surface area contributed by atoms with Crippen molar-refractivity contribution < 1.29 is 23.9 Å². The van der Waals surface area contributed by atoms with Crippen molar-refractivity contribution in [2.45, 2.75) is 32.9 Å². The molecule has 1 atom stereocenters. The van der Waals surface area contributed by atoms with Crippen molar-refractivity contribution in [1.29, 1.82) is 0 Å². The fourth-order valence-corrected chi connectivity index (χ4v) is 1.47. The Morgan fingerprint density at radius 3 is 2.32 bits per heavy atom. The van der Waals surface area contributed by atoms with E-state index in [9.17, 15) is 14.4 Å². The molecule has 0 aliphatic rings. The third-order valence-electron chi connectivity index (χ3n) is 2.41. The lowest BCUT2D eigenvalue weighted by Crippen LogP contribution is -2.44. The minimum absolute atomic E-state index is 0.102. The van der Waals surface area contributed by atoms with Gasteiger partial charge in [-0.05, 0) is 32.9 Å². The zero-order chi connectivity index (χ0) is 16.5. The van der Waals surface area contributed by atoms with Gasteiger partial charge in [0.15, 0.2) is 12.7 Å². The van der Waals surface area contributed by atoms with Crippen molar-refractivity contribution in [1.82, 2.24) is 10.6 Å². The summed E-state index contributed by atoms with van der Waals surface area (Å²) in [6.45, 7) is 4.48. The standard InChI is InChI=1S/C15H20N2O5/c1-10(2)16-15(20)17-13(18)9-21-14(19)11(3)22-12-7-5-4-6-8-12/h4-8,10-11H,9H2,1-3H3,(H2,16,17,18,20)/t11-/m1/s1. The number of amides is 3. The van der Waals surface area contributed by atoms with Crippen LogP contribution in [0.2, 0.25) is 0 Å². The van der Waals surface area contributed by atoms with Crippen molar-refractivity contribution in [2.24, 2.45) is 0 Å². The number of benzene rings is 1. The zero-order valence-corrected chi connectivity index (χ0v) is 12.8. The van der Waals surface area contributed by atoms with E-state index in [1.54, 1.807) is 38.1 Å². The molecule has 1 aromatic rings. The first-order chi connectivity index (χ1) is 10.4. The molecule has 0 unspecified atom stereocenters. The van der Waals surface area contributed by atoms with Crippen LogP contribution in [0.5, 0.6) is 5.75 Å². The van der Waals surface area contributed by atoms with Gasteiger partial charge in [0.05, 0.1) is 0 Å². The SMILES string of the molecule is CC(C)NC(=O)NC(=O)COC(=O)[C@@H](C)Oc1ccccc1. The first-order valence-corrected chi connectivity index (χ1v) is 6.87. The van der Waals surface area contributed by atoms with Gasteiger partial charge in [-0.3, -0.25) is 10.1 Å². The third kappa shape index (κ3) is 6.74. The molecule has 0 fully saturated rings. The molecule has 0 heterocycles. The van der Waals surface area contributed by atoms with E-state index in [0.29, 0.717) is 5.75 Å². The minimum atomic E-state index is -0.861. The largest absolute Gasteiger partial charge is 0.479 e. The molecule has 7 nitrogen and oxygen atoms in total. The van der Waals surface area contributed by atoms with Crippen LogP contribution in [0.4, 0.5) is 4.79 Å². The number of urea groups is 1. The average Bonchev–Trinajstić information content (AvgIpc) is 2.44. The smallest absolute Gasteiger partial charge is 0.347 e. The maximum absolute atomic E-state index is 11.7. The zero-order valence-electron chi connectivity index (χ0n) is 12.8. The topological polar surface area (TPSA) is 93.7 Å². The van der Waals surface area contributed by atoms with Crippen molar-refractivity contribution in [2.75, 3.05) is 6.61 Å². The molecule has 120 valence electrons. The van der Waals surface area contributed by atoms with Crippen molar-refractivity contribution in [3.63, 3.8) is 0 Å². The Kier molecular flexibility index (Phi) is 6.88. The molecular weight excluding hydrogens is 288 g/mol. The summed E-state index contributed by atoms with van der Waals surface area (Å²) in [6, 6.07) is 8.03. The lowest BCUT2D eigenvalue weighted by atomic mass is 10.3. The lowest BCUT2D eigenvalue weighted by molar-refractivity contribution is -0.154. The van der Waals surface area contributed by atoms with Crippen LogP contribution >= 0.6 is 0 Å². The molecule has 0 bridgehead atoms. The Hall–Kier alpha value is -2.57. The van der Waals surface area contributed by atoms with Crippen LogP contribution in [0, 0.1) is 0 Å². The highest BCUT2D eigenvalue weighted by atomic mass is 16.6. The second-order valence-electron chi connectivity index (χ2n) is 4.86. The molecule has 0 saturated carbocycles. The van der Waals surface area contributed by atoms with E-state index in [1.807, 2.05) is 11.4 Å². The molecule has 0 radical (unpaired) electrons. The third-order valence-corrected chi connectivity index (χ3v) is 2.41. The van der Waals surface area contributed by atoms with Gasteiger partial charge in [0.25, 0.3) is 5.91 Å². The Morgan fingerprint density at radius 2 is 1.73 bits per heavy atom. The summed E-state index contributed by atoms with van der Waals surface area (Å²) in [5.74, 6) is -0.880. The van der Waals surface area contributed by atoms with E-state index < -0.39 is 30.6 Å². The summed E-state index contributed by atoms with van der Waals surface area (Å²) in [5, 5.41) is 4.53. The number of carbonyl (C=O) groups excluding carboxylic acids is 3. The second kappa shape index (κ2) is 8.66. The number of nitrogens with one attached hydrogen (secondary N) is 2. The molecule has 0 aliphatic heterocycles. The number of rotatable bonds is 6. The van der Waals surface area contributed by atoms with Crippen LogP contribution in [0.3, 0.4) is 0 Å². The van der Waals surface area contributed by atoms with Gasteiger partial charge in [-0.25, -0.2) is 9.59 Å². The van der Waals surface area contributed by atoms with Gasteiger partial charge in [0, 0.05) is 6.04 Å². The van der Waals surface area contributed by atoms with E-state index in [2.05, 4.69) is 5.32 Å². The van der Waals surface area contributed by atoms with Gasteiger partial charge in [0.1, 0.15) is 5.75 Å². The van der Waals surface area contributed by atoms with Gasteiger partial charge in [0.2, 0.25) is 0 Å². The maximum atomic E-state index is 11.7. The van der Waals surface area contributed by atoms with E-state index in [4.69, 9.17) is 9.47 Å². The monoisotopic (exact) mass is 308 g/mol. The van der Waals surface area contributed by atoms with Crippen molar-refractivity contribution >= 4 is 17.9 Å². The van der Waals surface area contributed by atoms with Gasteiger partial charge < -0.3 is 14.8 Å². The quantitative estimate of drug-likeness (QED) is 0.771. The predicted molar refractivity (Wildman–Crippen MR) is 79.3 cm³/mol. The molecule has 0 saturated heterocycles. The summed E-state index contributed by atoms with van der Waals surface area (Å²) in [6.07, 6.45) is -0.861. The van der Waals surface area contributed by atoms with Crippen LogP contribution < -0.4 is 15.4 Å². The Labute approximate surface area is 129 Å². The molecule has 1 aromatic carbocycles. The van der Waals surface area contributed by atoms with E-state index in [-0.39, 0.29) is 6.04 Å². The molecule has 0 spiro atoms. The molecule has 1 rings (SSSR count). The normalized spacial score (nSPS) is 11.5. The highest BCUT2D eigenvalue weighted by Crippen LogP contribution is 2.11. The Bertz CT molecular complexity index is 516. The van der Waals surface area contributed by atoms with Crippen LogP contribution in [-0.2, 0) is 14.3 Å². The number of imide groups is 1. The highest BCUT2D eigenvalue weighted by Gasteiger charge is 2.18. The number of para-hydroxylation sites is 1. The number of hydrogen-bond acceptors (Lipinski definition) is 5. The average molecular weight is 308 g/mol. The maximum Gasteiger partial charge on any atom is 0.347 e. The van der Waals surface area contributed by atoms with Crippen molar-refractivity contribution in [3.8, 4) is 5.75 Å². The van der Waals surface area contributed by atoms with Crippen LogP contribution in [0.25, 0.3) is 0 Å². The Morgan fingerprint density at radius 1 is 1.09 bits per heavy atom. The van der Waals surface area contributed by atoms with E-state index in [0.717, 1.165) is 0 Å². The summed E-state index contributed by atoms with van der Waals surface area (Å²) >= 11 is 0. The fourth-order valence-electron chi connectivity index (χ4n) is 1.47. The minimum Gasteiger partial charge on any atom is -0.479 e. The number of esters is 1. The summed E-state index contributed by atoms with van der Waals surface area (Å²) in [4.78, 5) is 34.4. The second-order valence-corrected chi connectivity index (χ2v) is 4.86. The molecule has 7 heteroatoms. The first-order valence-electron chi connectivity index (χ1n) is 6.87. The number of carbonyl (C=O) groups is 3. The van der Waals surface area contributed by atoms with Crippen LogP contribution in [0.1, 0.15) is 20.8 Å². The van der Waals surface area contributed by atoms with E-state index >= 15 is 0 Å². The summed E-state index contributed by atoms with van der Waals surface area (Å²) in [7, 11) is 0. The van der Waals surface area contributed by atoms with Gasteiger partial charge in [-0.1, -0.05) is 18.2 Å². The number of ether oxygens (including phenoxy) is 2. The van der Waals surface area contributed by atoms with Gasteiger partial charge in [-0.2, -0.15) is 0 Å². The van der Waals surface area contributed by atoms with Gasteiger partial charge >= 0.3 is 12.0 Å². The first kappa shape index (κ1) is 17.5. The highest BCUT2D eigenvalue weighted by molar-refractivity contribution is 5.95. The molecule has 3 amide bonds. The molecule has 2 N–H and O–H groups in total. The van der Waals surface area contributed by atoms with Crippen LogP contribution in [-0.4, -0.2) is 36.7 Å². The molecular formula is C15H20N2O5. The molecule has 0 aliphatic carbocycles. The van der Waals surface area contributed by atoms with Crippen molar-refractivity contribution in [3.05, 3.63) is 30.3 Å². The van der Waals surface area contributed by atoms with Crippen LogP contribution in [0.15, 0.2) is 30.3 Å². The predicted octanol–water partition coefficient (Wildman–Crippen LogP) is 1.23. The lowest BCUT2D eigenvalue weighted by Gasteiger charge is -2.14. The fraction of sp³-hybridized carbons (Fsp3) is 0.400. The van der Waals surface area contributed by atoms with Gasteiger partial charge in [-0.15, -0.1) is 0 Å². The summed E-state index contributed by atoms with van der Waals surface area (Å²) in [5.41, 5.74) is 0. The molecule has 0 aromatic heterocycles. The summed E-state index contributed by atoms with van der Waals surface area (Å²) < 4.78 is 10.1. The molecule has 22 heavy (non-hydrogen) atoms. The van der Waals surface area contributed by atoms with E-state index in [1.165, 1.54) is 6.92 Å².